The van der Waals surface area contributed by atoms with E-state index >= 15 is 0 Å². The van der Waals surface area contributed by atoms with Gasteiger partial charge in [0.05, 0.1) is 22.8 Å². The van der Waals surface area contributed by atoms with Crippen molar-refractivity contribution >= 4 is 29.2 Å². The van der Waals surface area contributed by atoms with Crippen LogP contribution < -0.4 is 5.32 Å². The van der Waals surface area contributed by atoms with Crippen LogP contribution in [0.25, 0.3) is 0 Å². The van der Waals surface area contributed by atoms with Crippen molar-refractivity contribution in [1.82, 2.24) is 15.1 Å². The van der Waals surface area contributed by atoms with Gasteiger partial charge in [-0.25, -0.2) is 4.79 Å². The molecule has 0 radical (unpaired) electrons. The molecule has 0 spiro atoms. The average Bonchev–Trinajstić information content (AvgIpc) is 2.76. The number of likely N-dealkylation sites (tertiary alicyclic amines) is 1. The van der Waals surface area contributed by atoms with Crippen LogP contribution in [0.3, 0.4) is 0 Å². The molecule has 2 amide bonds. The van der Waals surface area contributed by atoms with Gasteiger partial charge in [0, 0.05) is 19.2 Å². The maximum absolute atomic E-state index is 12.8. The van der Waals surface area contributed by atoms with E-state index in [4.69, 9.17) is 27.9 Å². The molecule has 7 heteroatoms. The molecule has 0 aromatic heterocycles. The van der Waals surface area contributed by atoms with Crippen LogP contribution in [0.4, 0.5) is 4.79 Å². The number of rotatable bonds is 7. The van der Waals surface area contributed by atoms with E-state index in [0.717, 1.165) is 30.5 Å². The lowest BCUT2D eigenvalue weighted by molar-refractivity contribution is 0.0367. The number of hydrogen-bond acceptors (Lipinski definition) is 3. The van der Waals surface area contributed by atoms with Crippen LogP contribution in [-0.2, 0) is 11.3 Å². The summed E-state index contributed by atoms with van der Waals surface area (Å²) in [6.45, 7) is 1.71. The molecule has 1 aliphatic heterocycles. The first-order valence-corrected chi connectivity index (χ1v) is 11.0. The number of nitrogens with zero attached hydrogens (tertiary/aromatic N) is 2. The Morgan fingerprint density at radius 2 is 1.97 bits per heavy atom. The quantitative estimate of drug-likeness (QED) is 0.620. The maximum Gasteiger partial charge on any atom is 0.318 e. The van der Waals surface area contributed by atoms with Crippen molar-refractivity contribution in [3.63, 3.8) is 0 Å². The van der Waals surface area contributed by atoms with E-state index in [0.29, 0.717) is 23.2 Å². The average molecular weight is 450 g/mol. The Bertz CT molecular complexity index is 834. The van der Waals surface area contributed by atoms with Gasteiger partial charge in [0.2, 0.25) is 0 Å². The molecule has 1 unspecified atom stereocenters. The van der Waals surface area contributed by atoms with Crippen molar-refractivity contribution < 1.29 is 9.53 Å². The minimum atomic E-state index is -0.419. The molecule has 1 N–H and O–H groups in total. The normalized spacial score (nSPS) is 18.1. The fourth-order valence-electron chi connectivity index (χ4n) is 3.79. The molecule has 0 aliphatic carbocycles. The number of nitrogens with one attached hydrogen (secondary N) is 1. The molecule has 2 aromatic rings. The lowest BCUT2D eigenvalue weighted by Gasteiger charge is -2.38. The molecule has 2 aromatic carbocycles. The highest BCUT2D eigenvalue weighted by Gasteiger charge is 2.27. The zero-order valence-corrected chi connectivity index (χ0v) is 19.0. The molecule has 2 atom stereocenters. The van der Waals surface area contributed by atoms with E-state index in [1.165, 1.54) is 6.42 Å². The second kappa shape index (κ2) is 11.0. The largest absolute Gasteiger partial charge is 0.367 e. The number of ether oxygens (including phenoxy) is 1. The molecule has 1 heterocycles. The summed E-state index contributed by atoms with van der Waals surface area (Å²) in [7, 11) is 3.90. The Kier molecular flexibility index (Phi) is 8.40. The molecule has 0 bridgehead atoms. The summed E-state index contributed by atoms with van der Waals surface area (Å²) >= 11 is 12.7. The van der Waals surface area contributed by atoms with Gasteiger partial charge in [-0.15, -0.1) is 0 Å². The number of urea groups is 1. The second-order valence-electron chi connectivity index (χ2n) is 7.68. The van der Waals surface area contributed by atoms with Gasteiger partial charge in [0.15, 0.2) is 0 Å². The number of carbonyl (C=O) groups excluding carboxylic acids is 1. The Hall–Kier alpha value is -1.79. The highest BCUT2D eigenvalue weighted by Crippen LogP contribution is 2.32. The van der Waals surface area contributed by atoms with Crippen LogP contribution in [0.2, 0.25) is 10.0 Å². The number of carbonyl (C=O) groups is 1. The first-order valence-electron chi connectivity index (χ1n) is 10.3. The van der Waals surface area contributed by atoms with Crippen LogP contribution in [0.15, 0.2) is 48.5 Å². The molecule has 30 heavy (non-hydrogen) atoms. The van der Waals surface area contributed by atoms with Crippen LogP contribution >= 0.6 is 23.2 Å². The predicted molar refractivity (Wildman–Crippen MR) is 122 cm³/mol. The van der Waals surface area contributed by atoms with Gasteiger partial charge in [-0.2, -0.15) is 0 Å². The third-order valence-corrected chi connectivity index (χ3v) is 6.39. The second-order valence-corrected chi connectivity index (χ2v) is 8.47. The SMILES string of the molecule is CN1CCCC[C@H]1N(C)C(=O)NCC(OCc1ccccc1)c1cccc(Cl)c1Cl. The van der Waals surface area contributed by atoms with Crippen LogP contribution in [0.5, 0.6) is 0 Å². The number of halogens is 2. The van der Waals surface area contributed by atoms with Gasteiger partial charge >= 0.3 is 6.03 Å². The van der Waals surface area contributed by atoms with Crippen LogP contribution in [-0.4, -0.2) is 49.2 Å². The highest BCUT2D eigenvalue weighted by molar-refractivity contribution is 6.42. The van der Waals surface area contributed by atoms with Crippen molar-refractivity contribution in [2.45, 2.75) is 38.1 Å². The highest BCUT2D eigenvalue weighted by atomic mass is 35.5. The number of hydrogen-bond donors (Lipinski definition) is 1. The Balaban J connectivity index is 1.68. The zero-order valence-electron chi connectivity index (χ0n) is 17.5. The van der Waals surface area contributed by atoms with Gasteiger partial charge in [0.1, 0.15) is 6.10 Å². The van der Waals surface area contributed by atoms with E-state index in [-0.39, 0.29) is 12.2 Å². The van der Waals surface area contributed by atoms with E-state index < -0.39 is 6.10 Å². The molecule has 3 rings (SSSR count). The van der Waals surface area contributed by atoms with Crippen molar-refractivity contribution in [3.05, 3.63) is 69.7 Å². The summed E-state index contributed by atoms with van der Waals surface area (Å²) in [4.78, 5) is 16.8. The smallest absolute Gasteiger partial charge is 0.318 e. The fourth-order valence-corrected chi connectivity index (χ4v) is 4.22. The molecule has 0 saturated carbocycles. The summed E-state index contributed by atoms with van der Waals surface area (Å²) in [5.41, 5.74) is 1.81. The third-order valence-electron chi connectivity index (χ3n) is 5.56. The van der Waals surface area contributed by atoms with Crippen LogP contribution in [0, 0.1) is 0 Å². The molecular weight excluding hydrogens is 421 g/mol. The van der Waals surface area contributed by atoms with Crippen LogP contribution in [0.1, 0.15) is 36.5 Å². The van der Waals surface area contributed by atoms with Gasteiger partial charge in [0.25, 0.3) is 0 Å². The fraction of sp³-hybridized carbons (Fsp3) is 0.435. The topological polar surface area (TPSA) is 44.8 Å². The third kappa shape index (κ3) is 5.88. The molecule has 5 nitrogen and oxygen atoms in total. The molecule has 1 fully saturated rings. The van der Waals surface area contributed by atoms with E-state index in [1.807, 2.05) is 49.5 Å². The monoisotopic (exact) mass is 449 g/mol. The Morgan fingerprint density at radius 3 is 2.70 bits per heavy atom. The lowest BCUT2D eigenvalue weighted by Crippen LogP contribution is -2.53. The van der Waals surface area contributed by atoms with Crippen molar-refractivity contribution in [3.8, 4) is 0 Å². The number of amides is 2. The maximum atomic E-state index is 12.8. The van der Waals surface area contributed by atoms with Crippen molar-refractivity contribution in [2.75, 3.05) is 27.2 Å². The van der Waals surface area contributed by atoms with Gasteiger partial charge in [-0.05, 0) is 44.5 Å². The summed E-state index contributed by atoms with van der Waals surface area (Å²) in [6.07, 6.45) is 2.97. The summed E-state index contributed by atoms with van der Waals surface area (Å²) < 4.78 is 6.16. The predicted octanol–water partition coefficient (Wildman–Crippen LogP) is 5.33. The molecule has 1 aliphatic rings. The Labute approximate surface area is 188 Å². The standard InChI is InChI=1S/C23H29Cl2N3O2/c1-27-14-7-6-13-21(27)28(2)23(29)26-15-20(18-11-8-12-19(24)22(18)25)30-16-17-9-4-3-5-10-17/h3-5,8-12,20-21H,6-7,13-16H2,1-2H3,(H,26,29)/t20?,21-/m1/s1. The van der Waals surface area contributed by atoms with Crippen molar-refractivity contribution in [1.29, 1.82) is 0 Å². The van der Waals surface area contributed by atoms with Gasteiger partial charge in [-0.1, -0.05) is 65.7 Å². The summed E-state index contributed by atoms with van der Waals surface area (Å²) in [6, 6.07) is 15.3. The molecule has 1 saturated heterocycles. The molecular formula is C23H29Cl2N3O2. The van der Waals surface area contributed by atoms with Gasteiger partial charge < -0.3 is 15.0 Å². The molecule has 162 valence electrons. The summed E-state index contributed by atoms with van der Waals surface area (Å²) in [5, 5.41) is 3.93. The summed E-state index contributed by atoms with van der Waals surface area (Å²) in [5.74, 6) is 0. The van der Waals surface area contributed by atoms with Gasteiger partial charge in [-0.3, -0.25) is 4.90 Å². The van der Waals surface area contributed by atoms with E-state index in [2.05, 4.69) is 17.3 Å². The zero-order chi connectivity index (χ0) is 21.5. The van der Waals surface area contributed by atoms with E-state index in [9.17, 15) is 4.79 Å². The minimum Gasteiger partial charge on any atom is -0.367 e. The number of benzene rings is 2. The lowest BCUT2D eigenvalue weighted by atomic mass is 10.1. The van der Waals surface area contributed by atoms with Crippen molar-refractivity contribution in [2.24, 2.45) is 0 Å². The minimum absolute atomic E-state index is 0.109. The van der Waals surface area contributed by atoms with E-state index in [1.54, 1.807) is 11.0 Å². The first-order chi connectivity index (χ1) is 14.5. The Morgan fingerprint density at radius 1 is 1.20 bits per heavy atom. The number of piperidine rings is 1. The first kappa shape index (κ1) is 22.9.